The summed E-state index contributed by atoms with van der Waals surface area (Å²) >= 11 is 0. The van der Waals surface area contributed by atoms with Gasteiger partial charge >= 0.3 is 0 Å². The zero-order valence-corrected chi connectivity index (χ0v) is 22.5. The van der Waals surface area contributed by atoms with Crippen LogP contribution in [0.2, 0.25) is 0 Å². The highest BCUT2D eigenvalue weighted by Gasteiger charge is 2.40. The molecule has 0 saturated carbocycles. The number of nitrogens with zero attached hydrogens (tertiary/aromatic N) is 2. The van der Waals surface area contributed by atoms with Crippen molar-refractivity contribution >= 4 is 22.6 Å². The number of fused-ring (bicyclic) bond motifs is 1. The highest BCUT2D eigenvalue weighted by atomic mass is 19.1. The number of benzene rings is 3. The third-order valence-corrected chi connectivity index (χ3v) is 6.95. The average Bonchev–Trinajstić information content (AvgIpc) is 2.98. The average molecular weight is 541 g/mol. The standard InChI is InChI=1S/C32H29FN2O5/c1-4-20(2)35-19-30(22-8-6-5-7-9-22)40-31(32(35)37)27(36)17-21-10-13-29(25(33)16-21)39-28-14-15-34-26-18-23(38-3)11-12-24(26)28/h4-16,18,30-31H,17,19H2,1-3H3/b20-4+. The van der Waals surface area contributed by atoms with Crippen LogP contribution in [0, 0.1) is 5.82 Å². The van der Waals surface area contributed by atoms with Gasteiger partial charge in [0.25, 0.3) is 5.91 Å². The molecule has 204 valence electrons. The molecule has 0 N–H and O–H groups in total. The zero-order chi connectivity index (χ0) is 28.2. The van der Waals surface area contributed by atoms with E-state index in [4.69, 9.17) is 14.2 Å². The molecule has 1 amide bonds. The molecular weight excluding hydrogens is 511 g/mol. The fourth-order valence-corrected chi connectivity index (χ4v) is 4.67. The second-order valence-corrected chi connectivity index (χ2v) is 9.50. The van der Waals surface area contributed by atoms with Crippen LogP contribution in [0.25, 0.3) is 10.9 Å². The van der Waals surface area contributed by atoms with E-state index in [0.717, 1.165) is 11.3 Å². The fraction of sp³-hybridized carbons (Fsp3) is 0.219. The SMILES string of the molecule is C/C=C(\C)N1CC(c2ccccc2)OC(C(=O)Cc2ccc(Oc3ccnc4cc(OC)ccc34)c(F)c2)C1=O. The van der Waals surface area contributed by atoms with E-state index in [1.54, 1.807) is 48.5 Å². The van der Waals surface area contributed by atoms with Crippen LogP contribution < -0.4 is 9.47 Å². The molecule has 0 radical (unpaired) electrons. The van der Waals surface area contributed by atoms with Crippen molar-refractivity contribution in [2.24, 2.45) is 0 Å². The van der Waals surface area contributed by atoms with Gasteiger partial charge < -0.3 is 19.1 Å². The van der Waals surface area contributed by atoms with Gasteiger partial charge in [0.05, 0.1) is 19.2 Å². The van der Waals surface area contributed by atoms with Crippen LogP contribution in [-0.4, -0.2) is 41.3 Å². The summed E-state index contributed by atoms with van der Waals surface area (Å²) in [5.74, 6) is -0.410. The van der Waals surface area contributed by atoms with Crippen molar-refractivity contribution in [3.8, 4) is 17.2 Å². The van der Waals surface area contributed by atoms with E-state index in [9.17, 15) is 9.59 Å². The molecule has 2 unspecified atom stereocenters. The summed E-state index contributed by atoms with van der Waals surface area (Å²) in [6.45, 7) is 3.97. The molecule has 5 rings (SSSR count). The van der Waals surface area contributed by atoms with Crippen LogP contribution in [0.1, 0.15) is 31.1 Å². The number of carbonyl (C=O) groups is 2. The van der Waals surface area contributed by atoms with Gasteiger partial charge in [0.2, 0.25) is 0 Å². The first-order chi connectivity index (χ1) is 19.4. The van der Waals surface area contributed by atoms with Crippen molar-refractivity contribution in [3.05, 3.63) is 108 Å². The number of hydrogen-bond acceptors (Lipinski definition) is 6. The normalized spacial score (nSPS) is 17.6. The molecule has 1 aliphatic rings. The number of ketones is 1. The lowest BCUT2D eigenvalue weighted by Gasteiger charge is -2.37. The molecular formula is C32H29FN2O5. The molecule has 0 aliphatic carbocycles. The third kappa shape index (κ3) is 5.58. The van der Waals surface area contributed by atoms with Crippen LogP contribution in [0.15, 0.2) is 90.8 Å². The van der Waals surface area contributed by atoms with E-state index in [-0.39, 0.29) is 12.2 Å². The molecule has 0 bridgehead atoms. The van der Waals surface area contributed by atoms with Gasteiger partial charge in [-0.2, -0.15) is 0 Å². The number of halogens is 1. The van der Waals surface area contributed by atoms with E-state index in [1.807, 2.05) is 50.3 Å². The smallest absolute Gasteiger partial charge is 0.263 e. The van der Waals surface area contributed by atoms with Crippen LogP contribution in [0.4, 0.5) is 4.39 Å². The maximum absolute atomic E-state index is 15.1. The summed E-state index contributed by atoms with van der Waals surface area (Å²) in [5, 5.41) is 0.698. The largest absolute Gasteiger partial charge is 0.497 e. The molecule has 40 heavy (non-hydrogen) atoms. The monoisotopic (exact) mass is 540 g/mol. The summed E-state index contributed by atoms with van der Waals surface area (Å²) in [7, 11) is 1.57. The lowest BCUT2D eigenvalue weighted by molar-refractivity contribution is -0.165. The molecule has 4 aromatic rings. The first kappa shape index (κ1) is 27.0. The third-order valence-electron chi connectivity index (χ3n) is 6.95. The number of ether oxygens (including phenoxy) is 3. The van der Waals surface area contributed by atoms with Gasteiger partial charge in [0.15, 0.2) is 23.5 Å². The molecule has 3 aromatic carbocycles. The Morgan fingerprint density at radius 2 is 1.90 bits per heavy atom. The Morgan fingerprint density at radius 1 is 1.10 bits per heavy atom. The molecule has 2 heterocycles. The van der Waals surface area contributed by atoms with Gasteiger partial charge in [-0.1, -0.05) is 42.5 Å². The topological polar surface area (TPSA) is 78.0 Å². The van der Waals surface area contributed by atoms with Crippen LogP contribution >= 0.6 is 0 Å². The molecule has 7 nitrogen and oxygen atoms in total. The maximum Gasteiger partial charge on any atom is 0.263 e. The van der Waals surface area contributed by atoms with Crippen molar-refractivity contribution in [1.29, 1.82) is 0 Å². The van der Waals surface area contributed by atoms with E-state index in [2.05, 4.69) is 4.98 Å². The number of Topliss-reactive ketones (excluding diaryl/α,β-unsaturated/α-hetero) is 1. The van der Waals surface area contributed by atoms with E-state index in [1.165, 1.54) is 12.1 Å². The second kappa shape index (κ2) is 11.7. The molecule has 1 saturated heterocycles. The Hall–Kier alpha value is -4.56. The summed E-state index contributed by atoms with van der Waals surface area (Å²) < 4.78 is 32.3. The van der Waals surface area contributed by atoms with E-state index >= 15 is 4.39 Å². The van der Waals surface area contributed by atoms with E-state index < -0.39 is 29.7 Å². The number of amides is 1. The number of morpholine rings is 1. The number of aromatic nitrogens is 1. The zero-order valence-electron chi connectivity index (χ0n) is 22.5. The lowest BCUT2D eigenvalue weighted by atomic mass is 10.00. The van der Waals surface area contributed by atoms with Crippen molar-refractivity contribution in [3.63, 3.8) is 0 Å². The van der Waals surface area contributed by atoms with Crippen LogP contribution in [0.3, 0.4) is 0 Å². The van der Waals surface area contributed by atoms with Gasteiger partial charge in [-0.25, -0.2) is 4.39 Å². The lowest BCUT2D eigenvalue weighted by Crippen LogP contribution is -2.51. The predicted molar refractivity (Wildman–Crippen MR) is 149 cm³/mol. The Balaban J connectivity index is 1.34. The van der Waals surface area contributed by atoms with Gasteiger partial charge in [0.1, 0.15) is 17.6 Å². The predicted octanol–water partition coefficient (Wildman–Crippen LogP) is 6.18. The number of methoxy groups -OCH3 is 1. The van der Waals surface area contributed by atoms with Gasteiger partial charge in [-0.3, -0.25) is 14.6 Å². The van der Waals surface area contributed by atoms with Crippen molar-refractivity contribution in [2.75, 3.05) is 13.7 Å². The van der Waals surface area contributed by atoms with Crippen LogP contribution in [0.5, 0.6) is 17.2 Å². The van der Waals surface area contributed by atoms with Crippen LogP contribution in [-0.2, 0) is 20.7 Å². The number of carbonyl (C=O) groups excluding carboxylic acids is 2. The summed E-state index contributed by atoms with van der Waals surface area (Å²) in [6.07, 6.45) is 1.46. The van der Waals surface area contributed by atoms with Crippen molar-refractivity contribution in [1.82, 2.24) is 9.88 Å². The maximum atomic E-state index is 15.1. The quantitative estimate of drug-likeness (QED) is 0.249. The summed E-state index contributed by atoms with van der Waals surface area (Å²) in [5.41, 5.74) is 2.66. The number of rotatable bonds is 8. The van der Waals surface area contributed by atoms with Gasteiger partial charge in [-0.15, -0.1) is 0 Å². The number of pyridine rings is 1. The Morgan fingerprint density at radius 3 is 2.62 bits per heavy atom. The molecule has 1 fully saturated rings. The Labute approximate surface area is 231 Å². The highest BCUT2D eigenvalue weighted by molar-refractivity contribution is 6.06. The molecule has 1 aliphatic heterocycles. The Kier molecular flexibility index (Phi) is 7.89. The van der Waals surface area contributed by atoms with Crippen molar-refractivity contribution in [2.45, 2.75) is 32.5 Å². The fourth-order valence-electron chi connectivity index (χ4n) is 4.67. The summed E-state index contributed by atoms with van der Waals surface area (Å²) in [4.78, 5) is 32.5. The number of allylic oxidation sites excluding steroid dienone is 2. The van der Waals surface area contributed by atoms with E-state index in [0.29, 0.717) is 34.5 Å². The van der Waals surface area contributed by atoms with Gasteiger partial charge in [0, 0.05) is 29.8 Å². The molecule has 8 heteroatoms. The van der Waals surface area contributed by atoms with Gasteiger partial charge in [-0.05, 0) is 55.3 Å². The minimum Gasteiger partial charge on any atom is -0.497 e. The Bertz CT molecular complexity index is 1590. The minimum atomic E-state index is -1.30. The highest BCUT2D eigenvalue weighted by Crippen LogP contribution is 2.33. The number of hydrogen-bond donors (Lipinski definition) is 0. The molecule has 0 spiro atoms. The minimum absolute atomic E-state index is 0.00327. The molecule has 2 atom stereocenters. The first-order valence-corrected chi connectivity index (χ1v) is 12.9. The first-order valence-electron chi connectivity index (χ1n) is 12.9. The van der Waals surface area contributed by atoms with Crippen molar-refractivity contribution < 1.29 is 28.2 Å². The molecule has 1 aromatic heterocycles. The summed E-state index contributed by atoms with van der Waals surface area (Å²) in [6, 6.07) is 20.8. The second-order valence-electron chi connectivity index (χ2n) is 9.50.